The van der Waals surface area contributed by atoms with Crippen LogP contribution < -0.4 is 15.1 Å². The molecule has 0 bridgehead atoms. The van der Waals surface area contributed by atoms with E-state index in [9.17, 15) is 9.59 Å². The molecule has 0 saturated carbocycles. The summed E-state index contributed by atoms with van der Waals surface area (Å²) >= 11 is 5.91. The molecular formula is C21H22ClN3O3. The maximum atomic E-state index is 12.6. The van der Waals surface area contributed by atoms with Crippen LogP contribution in [0.5, 0.6) is 0 Å². The van der Waals surface area contributed by atoms with E-state index >= 15 is 0 Å². The van der Waals surface area contributed by atoms with Gasteiger partial charge in [0.2, 0.25) is 11.8 Å². The van der Waals surface area contributed by atoms with E-state index < -0.39 is 0 Å². The van der Waals surface area contributed by atoms with E-state index in [-0.39, 0.29) is 24.2 Å². The molecule has 1 N–H and O–H groups in total. The molecule has 2 aliphatic rings. The summed E-state index contributed by atoms with van der Waals surface area (Å²) in [4.78, 5) is 28.9. The van der Waals surface area contributed by atoms with E-state index in [2.05, 4.69) is 10.2 Å². The van der Waals surface area contributed by atoms with Gasteiger partial charge < -0.3 is 19.9 Å². The number of rotatable bonds is 4. The highest BCUT2D eigenvalue weighted by molar-refractivity contribution is 6.30. The lowest BCUT2D eigenvalue weighted by Crippen LogP contribution is -2.36. The summed E-state index contributed by atoms with van der Waals surface area (Å²) in [6.45, 7) is 3.58. The minimum atomic E-state index is -0.373. The summed E-state index contributed by atoms with van der Waals surface area (Å²) in [6, 6.07) is 14.9. The maximum absolute atomic E-state index is 12.6. The molecule has 2 aromatic carbocycles. The first-order valence-corrected chi connectivity index (χ1v) is 9.77. The number of nitrogens with one attached hydrogen (secondary N) is 1. The molecule has 0 radical (unpaired) electrons. The van der Waals surface area contributed by atoms with E-state index in [0.29, 0.717) is 11.6 Å². The molecule has 4 rings (SSSR count). The van der Waals surface area contributed by atoms with Gasteiger partial charge in [0.25, 0.3) is 0 Å². The number of hydrogen-bond acceptors (Lipinski definition) is 4. The van der Waals surface area contributed by atoms with Crippen LogP contribution in [0.2, 0.25) is 5.02 Å². The Hall–Kier alpha value is -2.57. The zero-order valence-corrected chi connectivity index (χ0v) is 16.2. The number of hydrogen-bond donors (Lipinski definition) is 1. The summed E-state index contributed by atoms with van der Waals surface area (Å²) in [5.74, 6) is -0.559. The standard InChI is InChI=1S/C21H22ClN3O3/c22-16-1-5-19(6-2-16)25-14-15(13-20(25)26)21(27)23-17-3-7-18(8-4-17)24-9-11-28-12-10-24/h1-8,15H,9-14H2,(H,23,27)/t15-/m0/s1. The second-order valence-corrected chi connectivity index (χ2v) is 7.45. The molecule has 1 atom stereocenters. The van der Waals surface area contributed by atoms with E-state index in [0.717, 1.165) is 43.4 Å². The van der Waals surface area contributed by atoms with Crippen LogP contribution in [0, 0.1) is 5.92 Å². The van der Waals surface area contributed by atoms with E-state index in [1.807, 2.05) is 24.3 Å². The number of morpholine rings is 1. The number of amides is 2. The Morgan fingerprint density at radius 1 is 1.00 bits per heavy atom. The molecule has 146 valence electrons. The summed E-state index contributed by atoms with van der Waals surface area (Å²) in [5.41, 5.74) is 2.62. The summed E-state index contributed by atoms with van der Waals surface area (Å²) in [6.07, 6.45) is 0.209. The molecule has 6 nitrogen and oxygen atoms in total. The van der Waals surface area contributed by atoms with E-state index in [1.165, 1.54) is 0 Å². The van der Waals surface area contributed by atoms with Crippen molar-refractivity contribution in [1.29, 1.82) is 0 Å². The Morgan fingerprint density at radius 2 is 1.64 bits per heavy atom. The van der Waals surface area contributed by atoms with Crippen LogP contribution in [0.1, 0.15) is 6.42 Å². The quantitative estimate of drug-likeness (QED) is 0.857. The van der Waals surface area contributed by atoms with Crippen molar-refractivity contribution in [3.63, 3.8) is 0 Å². The normalized spacial score (nSPS) is 19.8. The highest BCUT2D eigenvalue weighted by Gasteiger charge is 2.35. The van der Waals surface area contributed by atoms with E-state index in [4.69, 9.17) is 16.3 Å². The number of nitrogens with zero attached hydrogens (tertiary/aromatic N) is 2. The number of benzene rings is 2. The highest BCUT2D eigenvalue weighted by atomic mass is 35.5. The number of ether oxygens (including phenoxy) is 1. The first-order chi connectivity index (χ1) is 13.6. The van der Waals surface area contributed by atoms with Crippen molar-refractivity contribution in [2.24, 2.45) is 5.92 Å². The van der Waals surface area contributed by atoms with Crippen molar-refractivity contribution < 1.29 is 14.3 Å². The van der Waals surface area contributed by atoms with Gasteiger partial charge >= 0.3 is 0 Å². The highest BCUT2D eigenvalue weighted by Crippen LogP contribution is 2.27. The smallest absolute Gasteiger partial charge is 0.229 e. The van der Waals surface area contributed by atoms with Gasteiger partial charge in [-0.25, -0.2) is 0 Å². The van der Waals surface area contributed by atoms with Crippen LogP contribution in [0.3, 0.4) is 0 Å². The molecule has 0 spiro atoms. The van der Waals surface area contributed by atoms with Crippen LogP contribution in [-0.2, 0) is 14.3 Å². The molecule has 2 heterocycles. The second kappa shape index (κ2) is 8.20. The maximum Gasteiger partial charge on any atom is 0.229 e. The third kappa shape index (κ3) is 4.13. The zero-order chi connectivity index (χ0) is 19.5. The fraction of sp³-hybridized carbons (Fsp3) is 0.333. The van der Waals surface area contributed by atoms with Gasteiger partial charge in [-0.3, -0.25) is 9.59 Å². The lowest BCUT2D eigenvalue weighted by Gasteiger charge is -2.28. The van der Waals surface area contributed by atoms with Crippen molar-refractivity contribution in [3.8, 4) is 0 Å². The van der Waals surface area contributed by atoms with Gasteiger partial charge in [-0.2, -0.15) is 0 Å². The molecule has 0 aromatic heterocycles. The van der Waals surface area contributed by atoms with Gasteiger partial charge in [-0.1, -0.05) is 11.6 Å². The molecule has 2 fully saturated rings. The van der Waals surface area contributed by atoms with Crippen molar-refractivity contribution in [2.45, 2.75) is 6.42 Å². The average molecular weight is 400 g/mol. The molecule has 0 aliphatic carbocycles. The van der Waals surface area contributed by atoms with Crippen molar-refractivity contribution in [2.75, 3.05) is 48.0 Å². The Kier molecular flexibility index (Phi) is 5.50. The second-order valence-electron chi connectivity index (χ2n) is 7.02. The Balaban J connectivity index is 1.37. The molecule has 2 saturated heterocycles. The molecule has 0 unspecified atom stereocenters. The third-order valence-corrected chi connectivity index (χ3v) is 5.40. The van der Waals surface area contributed by atoms with Crippen LogP contribution in [-0.4, -0.2) is 44.7 Å². The number of carbonyl (C=O) groups excluding carboxylic acids is 2. The Labute approximate surface area is 169 Å². The minimum Gasteiger partial charge on any atom is -0.378 e. The summed E-state index contributed by atoms with van der Waals surface area (Å²) < 4.78 is 5.37. The average Bonchev–Trinajstić information content (AvgIpc) is 3.12. The van der Waals surface area contributed by atoms with Gasteiger partial charge in [-0.05, 0) is 48.5 Å². The van der Waals surface area contributed by atoms with Crippen molar-refractivity contribution in [3.05, 3.63) is 53.6 Å². The number of carbonyl (C=O) groups is 2. The monoisotopic (exact) mass is 399 g/mol. The number of anilines is 3. The SMILES string of the molecule is O=C(Nc1ccc(N2CCOCC2)cc1)[C@H]1CC(=O)N(c2ccc(Cl)cc2)C1. The number of halogens is 1. The largest absolute Gasteiger partial charge is 0.378 e. The van der Waals surface area contributed by atoms with E-state index in [1.54, 1.807) is 29.2 Å². The lowest BCUT2D eigenvalue weighted by atomic mass is 10.1. The Bertz CT molecular complexity index is 848. The van der Waals surface area contributed by atoms with Gasteiger partial charge in [0.15, 0.2) is 0 Å². The molecule has 2 amide bonds. The lowest BCUT2D eigenvalue weighted by molar-refractivity contribution is -0.122. The minimum absolute atomic E-state index is 0.0508. The molecule has 7 heteroatoms. The molecule has 2 aromatic rings. The zero-order valence-electron chi connectivity index (χ0n) is 15.4. The van der Waals surface area contributed by atoms with Gasteiger partial charge in [0, 0.05) is 48.1 Å². The first kappa shape index (κ1) is 18.8. The predicted octanol–water partition coefficient (Wildman–Crippen LogP) is 3.17. The summed E-state index contributed by atoms with van der Waals surface area (Å²) in [7, 11) is 0. The van der Waals surface area contributed by atoms with Gasteiger partial charge in [0.1, 0.15) is 0 Å². The van der Waals surface area contributed by atoms with Gasteiger partial charge in [-0.15, -0.1) is 0 Å². The topological polar surface area (TPSA) is 61.9 Å². The fourth-order valence-corrected chi connectivity index (χ4v) is 3.70. The summed E-state index contributed by atoms with van der Waals surface area (Å²) in [5, 5.41) is 3.55. The molecule has 28 heavy (non-hydrogen) atoms. The third-order valence-electron chi connectivity index (χ3n) is 5.15. The van der Waals surface area contributed by atoms with Crippen LogP contribution in [0.15, 0.2) is 48.5 Å². The fourth-order valence-electron chi connectivity index (χ4n) is 3.58. The van der Waals surface area contributed by atoms with Crippen LogP contribution in [0.25, 0.3) is 0 Å². The van der Waals surface area contributed by atoms with Crippen LogP contribution in [0.4, 0.5) is 17.1 Å². The van der Waals surface area contributed by atoms with Crippen molar-refractivity contribution in [1.82, 2.24) is 0 Å². The molecule has 2 aliphatic heterocycles. The first-order valence-electron chi connectivity index (χ1n) is 9.40. The van der Waals surface area contributed by atoms with Crippen molar-refractivity contribution >= 4 is 40.5 Å². The van der Waals surface area contributed by atoms with Crippen LogP contribution >= 0.6 is 11.6 Å². The molecular weight excluding hydrogens is 378 g/mol. The predicted molar refractivity (Wildman–Crippen MR) is 110 cm³/mol. The Morgan fingerprint density at radius 3 is 2.32 bits per heavy atom. The van der Waals surface area contributed by atoms with Gasteiger partial charge in [0.05, 0.1) is 19.1 Å².